The maximum absolute atomic E-state index is 12.2. The molecule has 0 radical (unpaired) electrons. The van der Waals surface area contributed by atoms with Crippen molar-refractivity contribution in [2.45, 2.75) is 52.6 Å². The van der Waals surface area contributed by atoms with Gasteiger partial charge in [-0.25, -0.2) is 0 Å². The third kappa shape index (κ3) is 4.67. The first-order valence-corrected chi connectivity index (χ1v) is 7.18. The maximum atomic E-state index is 12.2. The van der Waals surface area contributed by atoms with Crippen molar-refractivity contribution in [1.82, 2.24) is 0 Å². The minimum absolute atomic E-state index is 0.0574. The van der Waals surface area contributed by atoms with Crippen LogP contribution >= 0.6 is 0 Å². The summed E-state index contributed by atoms with van der Waals surface area (Å²) in [4.78, 5) is 12.2. The van der Waals surface area contributed by atoms with Crippen molar-refractivity contribution in [3.8, 4) is 0 Å². The summed E-state index contributed by atoms with van der Waals surface area (Å²) in [6.45, 7) is 5.88. The molecule has 0 aromatic heterocycles. The SMILES string of the molecule is CCCCC(CC)C(=O)Nc1ccccc1C(C)O. The molecule has 106 valence electrons. The molecular formula is C16H25NO2. The molecule has 19 heavy (non-hydrogen) atoms. The Morgan fingerprint density at radius 3 is 2.58 bits per heavy atom. The molecule has 0 spiro atoms. The quantitative estimate of drug-likeness (QED) is 0.784. The average Bonchev–Trinajstić information content (AvgIpc) is 2.40. The summed E-state index contributed by atoms with van der Waals surface area (Å²) in [5, 5.41) is 12.7. The zero-order chi connectivity index (χ0) is 14.3. The van der Waals surface area contributed by atoms with E-state index in [0.29, 0.717) is 0 Å². The fourth-order valence-corrected chi connectivity index (χ4v) is 2.18. The molecule has 0 aliphatic heterocycles. The van der Waals surface area contributed by atoms with Gasteiger partial charge in [0.05, 0.1) is 6.10 Å². The van der Waals surface area contributed by atoms with E-state index >= 15 is 0 Å². The second-order valence-corrected chi connectivity index (χ2v) is 5.00. The summed E-state index contributed by atoms with van der Waals surface area (Å²) in [6, 6.07) is 7.42. The average molecular weight is 263 g/mol. The van der Waals surface area contributed by atoms with Crippen LogP contribution in [0.2, 0.25) is 0 Å². The number of amides is 1. The molecule has 1 amide bonds. The van der Waals surface area contributed by atoms with E-state index in [9.17, 15) is 9.90 Å². The van der Waals surface area contributed by atoms with Gasteiger partial charge in [0.1, 0.15) is 0 Å². The Morgan fingerprint density at radius 1 is 1.32 bits per heavy atom. The number of hydrogen-bond donors (Lipinski definition) is 2. The first-order valence-electron chi connectivity index (χ1n) is 7.18. The number of benzene rings is 1. The lowest BCUT2D eigenvalue weighted by atomic mass is 9.98. The highest BCUT2D eigenvalue weighted by Crippen LogP contribution is 2.24. The van der Waals surface area contributed by atoms with Crippen molar-refractivity contribution in [3.63, 3.8) is 0 Å². The van der Waals surface area contributed by atoms with Crippen molar-refractivity contribution in [3.05, 3.63) is 29.8 Å². The lowest BCUT2D eigenvalue weighted by Crippen LogP contribution is -2.23. The molecule has 2 atom stereocenters. The second-order valence-electron chi connectivity index (χ2n) is 5.00. The van der Waals surface area contributed by atoms with Crippen molar-refractivity contribution in [2.75, 3.05) is 5.32 Å². The van der Waals surface area contributed by atoms with Crippen LogP contribution in [0.4, 0.5) is 5.69 Å². The molecule has 0 heterocycles. The molecule has 1 aromatic carbocycles. The van der Waals surface area contributed by atoms with E-state index in [-0.39, 0.29) is 11.8 Å². The molecule has 3 nitrogen and oxygen atoms in total. The highest BCUT2D eigenvalue weighted by atomic mass is 16.3. The van der Waals surface area contributed by atoms with Crippen molar-refractivity contribution in [1.29, 1.82) is 0 Å². The number of carbonyl (C=O) groups is 1. The minimum Gasteiger partial charge on any atom is -0.389 e. The van der Waals surface area contributed by atoms with E-state index in [1.54, 1.807) is 6.92 Å². The molecule has 0 bridgehead atoms. The third-order valence-corrected chi connectivity index (χ3v) is 3.44. The number of nitrogens with one attached hydrogen (secondary N) is 1. The summed E-state index contributed by atoms with van der Waals surface area (Å²) < 4.78 is 0. The Kier molecular flexibility index (Phi) is 6.57. The van der Waals surface area contributed by atoms with Crippen LogP contribution in [0.3, 0.4) is 0 Å². The molecule has 3 heteroatoms. The first-order chi connectivity index (χ1) is 9.10. The van der Waals surface area contributed by atoms with Crippen LogP contribution in [0.15, 0.2) is 24.3 Å². The van der Waals surface area contributed by atoms with Gasteiger partial charge in [-0.15, -0.1) is 0 Å². The van der Waals surface area contributed by atoms with Crippen LogP contribution < -0.4 is 5.32 Å². The van der Waals surface area contributed by atoms with Gasteiger partial charge >= 0.3 is 0 Å². The standard InChI is InChI=1S/C16H25NO2/c1-4-6-9-13(5-2)16(19)17-15-11-8-7-10-14(15)12(3)18/h7-8,10-13,18H,4-6,9H2,1-3H3,(H,17,19). The zero-order valence-corrected chi connectivity index (χ0v) is 12.1. The van der Waals surface area contributed by atoms with Crippen LogP contribution in [-0.2, 0) is 4.79 Å². The van der Waals surface area contributed by atoms with E-state index in [0.717, 1.165) is 36.9 Å². The van der Waals surface area contributed by atoms with Gasteiger partial charge in [-0.1, -0.05) is 44.9 Å². The minimum atomic E-state index is -0.577. The zero-order valence-electron chi connectivity index (χ0n) is 12.1. The number of para-hydroxylation sites is 1. The molecule has 2 N–H and O–H groups in total. The summed E-state index contributed by atoms with van der Waals surface area (Å²) >= 11 is 0. The normalized spacial score (nSPS) is 13.9. The molecule has 1 rings (SSSR count). The number of carbonyl (C=O) groups excluding carboxylic acids is 1. The molecule has 2 unspecified atom stereocenters. The fraction of sp³-hybridized carbons (Fsp3) is 0.562. The van der Waals surface area contributed by atoms with Crippen LogP contribution in [-0.4, -0.2) is 11.0 Å². The molecule has 0 aliphatic carbocycles. The first kappa shape index (κ1) is 15.7. The van der Waals surface area contributed by atoms with Gasteiger partial charge in [-0.3, -0.25) is 4.79 Å². The monoisotopic (exact) mass is 263 g/mol. The van der Waals surface area contributed by atoms with Crippen molar-refractivity contribution >= 4 is 11.6 Å². The van der Waals surface area contributed by atoms with E-state index in [1.807, 2.05) is 31.2 Å². The predicted molar refractivity (Wildman–Crippen MR) is 79.0 cm³/mol. The van der Waals surface area contributed by atoms with E-state index < -0.39 is 6.10 Å². The lowest BCUT2D eigenvalue weighted by Gasteiger charge is -2.17. The number of hydrogen-bond acceptors (Lipinski definition) is 2. The highest BCUT2D eigenvalue weighted by Gasteiger charge is 2.17. The number of rotatable bonds is 7. The van der Waals surface area contributed by atoms with E-state index in [2.05, 4.69) is 12.2 Å². The summed E-state index contributed by atoms with van der Waals surface area (Å²) in [7, 11) is 0. The van der Waals surface area contributed by atoms with Gasteiger partial charge in [0.2, 0.25) is 5.91 Å². The molecule has 0 saturated heterocycles. The summed E-state index contributed by atoms with van der Waals surface area (Å²) in [5.41, 5.74) is 1.48. The Morgan fingerprint density at radius 2 is 2.00 bits per heavy atom. The predicted octanol–water partition coefficient (Wildman–Crippen LogP) is 3.89. The molecule has 0 saturated carbocycles. The number of unbranched alkanes of at least 4 members (excludes halogenated alkanes) is 1. The van der Waals surface area contributed by atoms with Crippen LogP contribution in [0.1, 0.15) is 58.1 Å². The van der Waals surface area contributed by atoms with Crippen molar-refractivity contribution < 1.29 is 9.90 Å². The summed E-state index contributed by atoms with van der Waals surface area (Å²) in [6.07, 6.45) is 3.38. The maximum Gasteiger partial charge on any atom is 0.227 e. The van der Waals surface area contributed by atoms with E-state index in [1.165, 1.54) is 0 Å². The number of anilines is 1. The number of aliphatic hydroxyl groups is 1. The Balaban J connectivity index is 2.75. The van der Waals surface area contributed by atoms with Gasteiger partial charge in [-0.05, 0) is 25.8 Å². The van der Waals surface area contributed by atoms with Gasteiger partial charge in [-0.2, -0.15) is 0 Å². The topological polar surface area (TPSA) is 49.3 Å². The second kappa shape index (κ2) is 7.95. The van der Waals surface area contributed by atoms with Crippen LogP contribution in [0.5, 0.6) is 0 Å². The fourth-order valence-electron chi connectivity index (χ4n) is 2.18. The lowest BCUT2D eigenvalue weighted by molar-refractivity contribution is -0.120. The smallest absolute Gasteiger partial charge is 0.227 e. The van der Waals surface area contributed by atoms with Gasteiger partial charge < -0.3 is 10.4 Å². The molecule has 0 fully saturated rings. The number of aliphatic hydroxyl groups excluding tert-OH is 1. The van der Waals surface area contributed by atoms with Gasteiger partial charge in [0.15, 0.2) is 0 Å². The largest absolute Gasteiger partial charge is 0.389 e. The van der Waals surface area contributed by atoms with Crippen LogP contribution in [0, 0.1) is 5.92 Å². The Labute approximate surface area is 116 Å². The molecule has 1 aromatic rings. The van der Waals surface area contributed by atoms with Gasteiger partial charge in [0.25, 0.3) is 0 Å². The Bertz CT molecular complexity index is 401. The molecular weight excluding hydrogens is 238 g/mol. The van der Waals surface area contributed by atoms with Crippen molar-refractivity contribution in [2.24, 2.45) is 5.92 Å². The summed E-state index contributed by atoms with van der Waals surface area (Å²) in [5.74, 6) is 0.117. The van der Waals surface area contributed by atoms with Gasteiger partial charge in [0, 0.05) is 17.2 Å². The van der Waals surface area contributed by atoms with Crippen LogP contribution in [0.25, 0.3) is 0 Å². The Hall–Kier alpha value is -1.35. The highest BCUT2D eigenvalue weighted by molar-refractivity contribution is 5.93. The van der Waals surface area contributed by atoms with E-state index in [4.69, 9.17) is 0 Å². The molecule has 0 aliphatic rings. The third-order valence-electron chi connectivity index (χ3n) is 3.44.